The molecular weight excluding hydrogens is 323 g/mol. The fraction of sp³-hybridized carbons (Fsp3) is 0.471. The molecule has 2 N–H and O–H groups in total. The van der Waals surface area contributed by atoms with Crippen LogP contribution in [0.5, 0.6) is 0 Å². The summed E-state index contributed by atoms with van der Waals surface area (Å²) < 4.78 is 14.4. The summed E-state index contributed by atoms with van der Waals surface area (Å²) in [6.07, 6.45) is 6.47. The van der Waals surface area contributed by atoms with Crippen LogP contribution in [0.2, 0.25) is 0 Å². The second-order valence-corrected chi connectivity index (χ2v) is 6.45. The molecule has 2 atom stereocenters. The number of nitrogens with one attached hydrogen (secondary N) is 2. The molecule has 0 aliphatic carbocycles. The summed E-state index contributed by atoms with van der Waals surface area (Å²) in [5, 5.41) is 2.62. The maximum atomic E-state index is 12.3. The van der Waals surface area contributed by atoms with Gasteiger partial charge >= 0.3 is 6.03 Å². The van der Waals surface area contributed by atoms with E-state index in [0.29, 0.717) is 19.0 Å². The van der Waals surface area contributed by atoms with E-state index in [9.17, 15) is 9.18 Å². The number of aromatic nitrogens is 4. The van der Waals surface area contributed by atoms with Crippen LogP contribution in [-0.2, 0) is 0 Å². The van der Waals surface area contributed by atoms with E-state index in [-0.39, 0.29) is 18.5 Å². The van der Waals surface area contributed by atoms with Crippen LogP contribution in [-0.4, -0.2) is 56.6 Å². The molecule has 132 valence electrons. The molecule has 0 radical (unpaired) electrons. The molecule has 25 heavy (non-hydrogen) atoms. The van der Waals surface area contributed by atoms with Gasteiger partial charge in [0.1, 0.15) is 6.67 Å². The van der Waals surface area contributed by atoms with Crippen molar-refractivity contribution in [1.29, 1.82) is 0 Å². The molecule has 2 amide bonds. The first kappa shape index (κ1) is 15.9. The number of fused-ring (bicyclic) bond motifs is 3. The average Bonchev–Trinajstić information content (AvgIpc) is 3.34. The number of nitrogens with zero attached hydrogens (tertiary/aromatic N) is 4. The van der Waals surface area contributed by atoms with Gasteiger partial charge < -0.3 is 15.2 Å². The summed E-state index contributed by atoms with van der Waals surface area (Å²) in [4.78, 5) is 26.0. The van der Waals surface area contributed by atoms with Gasteiger partial charge in [-0.2, -0.15) is 0 Å². The van der Waals surface area contributed by atoms with Crippen molar-refractivity contribution in [2.45, 2.75) is 19.3 Å². The Morgan fingerprint density at radius 1 is 1.40 bits per heavy atom. The number of hydrogen-bond donors (Lipinski definition) is 2. The predicted octanol–water partition coefficient (Wildman–Crippen LogP) is 2.32. The number of likely N-dealkylation sites (tertiary alicyclic amines) is 1. The standard InChI is InChI=1S/C17H21FN6O/c1-2-11-9-23(17(25)20-6-4-18)10-12(11)14-7-21-15-8-22-16-13(24(14)15)3-5-19-16/h3,5,7-8,11-12,19H,2,4,6,9-10H2,1H3,(H,20,25)/t11-,12+/m1/s1. The normalized spacial score (nSPS) is 20.6. The molecule has 0 unspecified atom stereocenters. The number of alkyl halides is 1. The van der Waals surface area contributed by atoms with Crippen molar-refractivity contribution in [3.8, 4) is 0 Å². The minimum atomic E-state index is -0.550. The molecule has 1 aliphatic heterocycles. The van der Waals surface area contributed by atoms with Gasteiger partial charge in [0.25, 0.3) is 0 Å². The summed E-state index contributed by atoms with van der Waals surface area (Å²) >= 11 is 0. The molecule has 0 aromatic carbocycles. The first-order valence-electron chi connectivity index (χ1n) is 8.61. The largest absolute Gasteiger partial charge is 0.345 e. The van der Waals surface area contributed by atoms with Crippen LogP contribution in [0.25, 0.3) is 16.8 Å². The fourth-order valence-electron chi connectivity index (χ4n) is 3.81. The van der Waals surface area contributed by atoms with Gasteiger partial charge in [0.15, 0.2) is 11.3 Å². The zero-order chi connectivity index (χ0) is 17.4. The van der Waals surface area contributed by atoms with Crippen LogP contribution in [0.15, 0.2) is 24.7 Å². The monoisotopic (exact) mass is 344 g/mol. The third kappa shape index (κ3) is 2.61. The minimum absolute atomic E-state index is 0.0576. The number of aromatic amines is 1. The van der Waals surface area contributed by atoms with Crippen molar-refractivity contribution in [3.05, 3.63) is 30.4 Å². The summed E-state index contributed by atoms with van der Waals surface area (Å²) in [7, 11) is 0. The molecule has 0 spiro atoms. The lowest BCUT2D eigenvalue weighted by molar-refractivity contribution is 0.205. The lowest BCUT2D eigenvalue weighted by Gasteiger charge is -2.17. The Hall–Kier alpha value is -2.64. The summed E-state index contributed by atoms with van der Waals surface area (Å²) in [5.74, 6) is 0.537. The molecule has 1 fully saturated rings. The maximum Gasteiger partial charge on any atom is 0.317 e. The highest BCUT2D eigenvalue weighted by molar-refractivity contribution is 5.76. The van der Waals surface area contributed by atoms with Crippen LogP contribution in [0.1, 0.15) is 25.0 Å². The number of urea groups is 1. The first-order valence-corrected chi connectivity index (χ1v) is 8.61. The van der Waals surface area contributed by atoms with Crippen LogP contribution in [0.3, 0.4) is 0 Å². The highest BCUT2D eigenvalue weighted by Crippen LogP contribution is 2.35. The second-order valence-electron chi connectivity index (χ2n) is 6.45. The Balaban J connectivity index is 1.70. The van der Waals surface area contributed by atoms with Crippen molar-refractivity contribution in [2.75, 3.05) is 26.3 Å². The van der Waals surface area contributed by atoms with Gasteiger partial charge in [0.2, 0.25) is 0 Å². The summed E-state index contributed by atoms with van der Waals surface area (Å²) in [6, 6.07) is 1.79. The van der Waals surface area contributed by atoms with Gasteiger partial charge in [0, 0.05) is 43.6 Å². The summed E-state index contributed by atoms with van der Waals surface area (Å²) in [6.45, 7) is 2.93. The molecule has 1 saturated heterocycles. The molecule has 0 saturated carbocycles. The van der Waals surface area contributed by atoms with Crippen LogP contribution < -0.4 is 5.32 Å². The van der Waals surface area contributed by atoms with Gasteiger partial charge in [-0.3, -0.25) is 4.40 Å². The predicted molar refractivity (Wildman–Crippen MR) is 92.3 cm³/mol. The number of imidazole rings is 1. The number of halogens is 1. The van der Waals surface area contributed by atoms with E-state index in [1.807, 2.05) is 18.5 Å². The third-order valence-corrected chi connectivity index (χ3v) is 5.07. The molecule has 1 aliphatic rings. The van der Waals surface area contributed by atoms with Gasteiger partial charge in [-0.15, -0.1) is 0 Å². The topological polar surface area (TPSA) is 78.3 Å². The van der Waals surface area contributed by atoms with Crippen LogP contribution in [0.4, 0.5) is 9.18 Å². The zero-order valence-corrected chi connectivity index (χ0v) is 14.1. The van der Waals surface area contributed by atoms with Crippen molar-refractivity contribution in [2.24, 2.45) is 5.92 Å². The number of hydrogen-bond acceptors (Lipinski definition) is 3. The van der Waals surface area contributed by atoms with Crippen molar-refractivity contribution < 1.29 is 9.18 Å². The van der Waals surface area contributed by atoms with Crippen LogP contribution >= 0.6 is 0 Å². The van der Waals surface area contributed by atoms with Crippen LogP contribution in [0, 0.1) is 5.92 Å². The molecular formula is C17H21FN6O. The Kier molecular flexibility index (Phi) is 4.03. The van der Waals surface area contributed by atoms with E-state index >= 15 is 0 Å². The van der Waals surface area contributed by atoms with Crippen molar-refractivity contribution in [1.82, 2.24) is 29.6 Å². The smallest absolute Gasteiger partial charge is 0.317 e. The summed E-state index contributed by atoms with van der Waals surface area (Å²) in [5.41, 5.74) is 3.70. The number of carbonyl (C=O) groups is 1. The minimum Gasteiger partial charge on any atom is -0.345 e. The molecule has 3 aromatic rings. The molecule has 4 heterocycles. The molecule has 4 rings (SSSR count). The maximum absolute atomic E-state index is 12.3. The lowest BCUT2D eigenvalue weighted by atomic mass is 9.91. The highest BCUT2D eigenvalue weighted by atomic mass is 19.1. The fourth-order valence-corrected chi connectivity index (χ4v) is 3.81. The Labute approximate surface area is 144 Å². The lowest BCUT2D eigenvalue weighted by Crippen LogP contribution is -2.39. The van der Waals surface area contributed by atoms with E-state index in [1.54, 1.807) is 11.1 Å². The Morgan fingerprint density at radius 2 is 2.28 bits per heavy atom. The molecule has 7 nitrogen and oxygen atoms in total. The number of carbonyl (C=O) groups excluding carboxylic acids is 1. The van der Waals surface area contributed by atoms with E-state index in [4.69, 9.17) is 0 Å². The first-order chi connectivity index (χ1) is 12.2. The van der Waals surface area contributed by atoms with Gasteiger partial charge in [0.05, 0.1) is 11.7 Å². The highest BCUT2D eigenvalue weighted by Gasteiger charge is 2.36. The third-order valence-electron chi connectivity index (χ3n) is 5.07. The second kappa shape index (κ2) is 6.34. The van der Waals surface area contributed by atoms with Gasteiger partial charge in [-0.05, 0) is 12.0 Å². The number of H-pyrrole nitrogens is 1. The Bertz CT molecular complexity index is 903. The van der Waals surface area contributed by atoms with Gasteiger partial charge in [-0.1, -0.05) is 13.3 Å². The number of rotatable bonds is 4. The quantitative estimate of drug-likeness (QED) is 0.762. The average molecular weight is 344 g/mol. The van der Waals surface area contributed by atoms with E-state index in [1.165, 1.54) is 0 Å². The van der Waals surface area contributed by atoms with E-state index in [2.05, 4.69) is 31.6 Å². The van der Waals surface area contributed by atoms with E-state index in [0.717, 1.165) is 28.9 Å². The van der Waals surface area contributed by atoms with Gasteiger partial charge in [-0.25, -0.2) is 19.2 Å². The SMILES string of the molecule is CC[C@@H]1CN(C(=O)NCCF)C[C@@H]1c1cnc2cnc3[nH]ccc3n12. The van der Waals surface area contributed by atoms with E-state index < -0.39 is 6.67 Å². The molecule has 8 heteroatoms. The molecule has 0 bridgehead atoms. The Morgan fingerprint density at radius 3 is 3.08 bits per heavy atom. The number of amides is 2. The van der Waals surface area contributed by atoms with Crippen molar-refractivity contribution >= 4 is 22.8 Å². The van der Waals surface area contributed by atoms with Crippen molar-refractivity contribution in [3.63, 3.8) is 0 Å². The molecule has 3 aromatic heterocycles. The zero-order valence-electron chi connectivity index (χ0n) is 14.1.